The van der Waals surface area contributed by atoms with Gasteiger partial charge in [-0.15, -0.1) is 13.2 Å². The number of methoxy groups -OCH3 is 1. The standard InChI is InChI=1S/C37H44BrN3O8/c1-4-6-14-29(43)48-23-28(24-12-8-7-9-13-24)39-34(44)30-31-35(45)41(20-10-11-21-42)33(37(31)22-27(38)32(30)49-37)36(46)40(19-5-2)25-15-17-26(47-3)18-16-25/h4-5,7-9,12-13,15-18,27-28,30-33,42H,1-2,6,10-11,14,19-23H2,3H3,(H,39,44)/t27?,28-,30-,31+,32-,33-,37+/m0/s1. The van der Waals surface area contributed by atoms with Crippen molar-refractivity contribution in [2.24, 2.45) is 11.8 Å². The molecule has 3 aliphatic rings. The number of carbonyl (C=O) groups is 4. The molecule has 3 fully saturated rings. The molecule has 2 aromatic carbocycles. The minimum atomic E-state index is -1.28. The maximum Gasteiger partial charge on any atom is 0.306 e. The van der Waals surface area contributed by atoms with Crippen molar-refractivity contribution in [3.63, 3.8) is 0 Å². The molecule has 49 heavy (non-hydrogen) atoms. The normalized spacial score (nSPS) is 25.7. The highest BCUT2D eigenvalue weighted by molar-refractivity contribution is 9.09. The minimum Gasteiger partial charge on any atom is -0.497 e. The number of ether oxygens (including phenoxy) is 3. The zero-order valence-corrected chi connectivity index (χ0v) is 29.3. The van der Waals surface area contributed by atoms with E-state index in [-0.39, 0.29) is 49.4 Å². The number of aliphatic hydroxyl groups excluding tert-OH is 1. The molecule has 2 aromatic rings. The Kier molecular flexibility index (Phi) is 12.0. The number of hydrogen-bond acceptors (Lipinski definition) is 8. The molecule has 0 saturated carbocycles. The number of alkyl halides is 1. The number of esters is 1. The highest BCUT2D eigenvalue weighted by Crippen LogP contribution is 2.60. The summed E-state index contributed by atoms with van der Waals surface area (Å²) < 4.78 is 17.5. The van der Waals surface area contributed by atoms with E-state index in [1.807, 2.05) is 30.3 Å². The summed E-state index contributed by atoms with van der Waals surface area (Å²) in [4.78, 5) is 58.7. The predicted molar refractivity (Wildman–Crippen MR) is 187 cm³/mol. The van der Waals surface area contributed by atoms with Gasteiger partial charge < -0.3 is 34.4 Å². The topological polar surface area (TPSA) is 135 Å². The van der Waals surface area contributed by atoms with E-state index < -0.39 is 47.5 Å². The van der Waals surface area contributed by atoms with Crippen molar-refractivity contribution in [3.8, 4) is 5.75 Å². The van der Waals surface area contributed by atoms with Gasteiger partial charge in [-0.25, -0.2) is 0 Å². The second-order valence-corrected chi connectivity index (χ2v) is 13.7. The van der Waals surface area contributed by atoms with Gasteiger partial charge >= 0.3 is 5.97 Å². The lowest BCUT2D eigenvalue weighted by atomic mass is 9.70. The molecule has 3 aliphatic heterocycles. The third-order valence-corrected chi connectivity index (χ3v) is 10.4. The molecule has 12 heteroatoms. The van der Waals surface area contributed by atoms with E-state index in [2.05, 4.69) is 34.4 Å². The summed E-state index contributed by atoms with van der Waals surface area (Å²) in [5.74, 6) is -2.73. The number of halogens is 1. The summed E-state index contributed by atoms with van der Waals surface area (Å²) in [6.07, 6.45) is 4.47. The second kappa shape index (κ2) is 16.1. The number of anilines is 1. The average Bonchev–Trinajstić information content (AvgIpc) is 3.71. The van der Waals surface area contributed by atoms with Crippen molar-refractivity contribution < 1.29 is 38.5 Å². The highest BCUT2D eigenvalue weighted by atomic mass is 79.9. The molecule has 3 amide bonds. The fourth-order valence-corrected chi connectivity index (χ4v) is 8.29. The lowest BCUT2D eigenvalue weighted by molar-refractivity contribution is -0.145. The fourth-order valence-electron chi connectivity index (χ4n) is 7.35. The van der Waals surface area contributed by atoms with E-state index >= 15 is 0 Å². The van der Waals surface area contributed by atoms with Gasteiger partial charge in [0, 0.05) is 36.6 Å². The zero-order valence-electron chi connectivity index (χ0n) is 27.7. The van der Waals surface area contributed by atoms with Crippen LogP contribution in [-0.4, -0.2) is 89.7 Å². The van der Waals surface area contributed by atoms with Gasteiger partial charge in [-0.3, -0.25) is 19.2 Å². The van der Waals surface area contributed by atoms with Crippen LogP contribution < -0.4 is 15.0 Å². The van der Waals surface area contributed by atoms with Gasteiger partial charge in [-0.2, -0.15) is 0 Å². The Bertz CT molecular complexity index is 1520. The van der Waals surface area contributed by atoms with Crippen LogP contribution in [0.4, 0.5) is 5.69 Å². The van der Waals surface area contributed by atoms with E-state index in [1.165, 1.54) is 0 Å². The summed E-state index contributed by atoms with van der Waals surface area (Å²) in [5.41, 5.74) is 0.0518. The van der Waals surface area contributed by atoms with Crippen LogP contribution in [0.15, 0.2) is 79.9 Å². The minimum absolute atomic E-state index is 0.0598. The Morgan fingerprint density at radius 2 is 1.88 bits per heavy atom. The molecule has 3 heterocycles. The molecule has 2 N–H and O–H groups in total. The Balaban J connectivity index is 1.47. The molecular weight excluding hydrogens is 694 g/mol. The van der Waals surface area contributed by atoms with E-state index in [0.29, 0.717) is 37.1 Å². The van der Waals surface area contributed by atoms with Crippen LogP contribution >= 0.6 is 15.9 Å². The molecule has 3 saturated heterocycles. The first kappa shape index (κ1) is 36.3. The van der Waals surface area contributed by atoms with Crippen molar-refractivity contribution in [2.45, 2.75) is 60.7 Å². The van der Waals surface area contributed by atoms with Crippen LogP contribution in [0, 0.1) is 11.8 Å². The summed E-state index contributed by atoms with van der Waals surface area (Å²) in [6.45, 7) is 7.73. The quantitative estimate of drug-likeness (QED) is 0.107. The largest absolute Gasteiger partial charge is 0.497 e. The van der Waals surface area contributed by atoms with Crippen LogP contribution in [0.3, 0.4) is 0 Å². The summed E-state index contributed by atoms with van der Waals surface area (Å²) in [7, 11) is 1.56. The highest BCUT2D eigenvalue weighted by Gasteiger charge is 2.76. The summed E-state index contributed by atoms with van der Waals surface area (Å²) in [6, 6.07) is 14.5. The van der Waals surface area contributed by atoms with Crippen molar-refractivity contribution in [1.82, 2.24) is 10.2 Å². The molecule has 1 spiro atoms. The van der Waals surface area contributed by atoms with E-state index in [0.717, 1.165) is 5.56 Å². The monoisotopic (exact) mass is 737 g/mol. The third-order valence-electron chi connectivity index (χ3n) is 9.58. The van der Waals surface area contributed by atoms with Gasteiger partial charge in [0.15, 0.2) is 0 Å². The molecule has 1 unspecified atom stereocenters. The van der Waals surface area contributed by atoms with Crippen LogP contribution in [0.25, 0.3) is 0 Å². The molecule has 0 aromatic heterocycles. The number of likely N-dealkylation sites (tertiary alicyclic amines) is 1. The maximum absolute atomic E-state index is 14.7. The molecule has 0 aliphatic carbocycles. The number of allylic oxidation sites excluding steroid dienone is 1. The van der Waals surface area contributed by atoms with Gasteiger partial charge in [-0.1, -0.05) is 58.4 Å². The van der Waals surface area contributed by atoms with Crippen LogP contribution in [-0.2, 0) is 28.7 Å². The number of rotatable bonds is 17. The van der Waals surface area contributed by atoms with Crippen LogP contribution in [0.5, 0.6) is 5.75 Å². The van der Waals surface area contributed by atoms with Gasteiger partial charge in [0.1, 0.15) is 24.0 Å². The second-order valence-electron chi connectivity index (χ2n) is 12.5. The van der Waals surface area contributed by atoms with Gasteiger partial charge in [0.05, 0.1) is 31.1 Å². The molecule has 5 rings (SSSR count). The molecule has 11 nitrogen and oxygen atoms in total. The lowest BCUT2D eigenvalue weighted by Crippen LogP contribution is -2.57. The van der Waals surface area contributed by atoms with Crippen molar-refractivity contribution >= 4 is 45.3 Å². The molecule has 2 bridgehead atoms. The lowest BCUT2D eigenvalue weighted by Gasteiger charge is -2.37. The number of carbonyl (C=O) groups excluding carboxylic acids is 4. The van der Waals surface area contributed by atoms with E-state index in [1.54, 1.807) is 53.3 Å². The number of hydrogen-bond donors (Lipinski definition) is 2. The molecule has 262 valence electrons. The van der Waals surface area contributed by atoms with Crippen molar-refractivity contribution in [3.05, 3.63) is 85.5 Å². The van der Waals surface area contributed by atoms with Gasteiger partial charge in [0.2, 0.25) is 11.8 Å². The number of benzene rings is 2. The third kappa shape index (κ3) is 7.32. The van der Waals surface area contributed by atoms with Crippen molar-refractivity contribution in [2.75, 3.05) is 38.3 Å². The smallest absolute Gasteiger partial charge is 0.306 e. The number of nitrogens with zero attached hydrogens (tertiary/aromatic N) is 2. The number of fused-ring (bicyclic) bond motifs is 1. The molecule has 7 atom stereocenters. The first-order valence-corrected chi connectivity index (χ1v) is 17.5. The Labute approximate surface area is 295 Å². The maximum atomic E-state index is 14.7. The van der Waals surface area contributed by atoms with Gasteiger partial charge in [-0.05, 0) is 55.5 Å². The SMILES string of the molecule is C=CCCC(=O)OC[C@H](NC(=O)[C@@H]1[C@H]2O[C@@]3(CC2Br)[C@H](C(=O)N(CC=C)c2ccc(OC)cc2)N(CCCCO)C(=O)[C@@H]13)c1ccccc1. The van der Waals surface area contributed by atoms with Crippen molar-refractivity contribution in [1.29, 1.82) is 0 Å². The predicted octanol–water partition coefficient (Wildman–Crippen LogP) is 4.10. The number of nitrogens with one attached hydrogen (secondary N) is 1. The van der Waals surface area contributed by atoms with Crippen LogP contribution in [0.2, 0.25) is 0 Å². The van der Waals surface area contributed by atoms with Crippen LogP contribution in [0.1, 0.15) is 43.7 Å². The zero-order chi connectivity index (χ0) is 35.1. The Morgan fingerprint density at radius 1 is 1.14 bits per heavy atom. The Morgan fingerprint density at radius 3 is 2.53 bits per heavy atom. The summed E-state index contributed by atoms with van der Waals surface area (Å²) in [5, 5.41) is 12.6. The first-order chi connectivity index (χ1) is 23.7. The fraction of sp³-hybridized carbons (Fsp3) is 0.459. The van der Waals surface area contributed by atoms with Gasteiger partial charge in [0.25, 0.3) is 5.91 Å². The Hall–Kier alpha value is -4.00. The molecular formula is C37H44BrN3O8. The van der Waals surface area contributed by atoms with E-state index in [4.69, 9.17) is 14.2 Å². The number of unbranched alkanes of at least 4 members (excludes halogenated alkanes) is 1. The summed E-state index contributed by atoms with van der Waals surface area (Å²) >= 11 is 3.73. The average molecular weight is 739 g/mol. The van der Waals surface area contributed by atoms with E-state index in [9.17, 15) is 24.3 Å². The first-order valence-electron chi connectivity index (χ1n) is 16.6. The molecule has 0 radical (unpaired) electrons. The number of amides is 3. The number of aliphatic hydroxyl groups is 1.